The first-order chi connectivity index (χ1) is 7.36. The highest BCUT2D eigenvalue weighted by Gasteiger charge is 2.20. The largest absolute Gasteiger partial charge is 0.357 e. The third-order valence-corrected chi connectivity index (χ3v) is 2.11. The molecule has 2 amide bonds. The number of nitrogens with two attached hydrogens (primary N) is 1. The molecule has 0 rings (SSSR count). The van der Waals surface area contributed by atoms with Crippen molar-refractivity contribution in [3.63, 3.8) is 0 Å². The minimum absolute atomic E-state index is 0.160. The van der Waals surface area contributed by atoms with Crippen LogP contribution in [-0.2, 0) is 9.59 Å². The maximum Gasteiger partial charge on any atom is 0.242 e. The molecule has 0 aromatic heterocycles. The molecule has 0 saturated carbocycles. The highest BCUT2D eigenvalue weighted by Crippen LogP contribution is 2.05. The van der Waals surface area contributed by atoms with Crippen molar-refractivity contribution in [2.24, 2.45) is 11.7 Å². The van der Waals surface area contributed by atoms with Gasteiger partial charge in [-0.25, -0.2) is 0 Å². The smallest absolute Gasteiger partial charge is 0.242 e. The summed E-state index contributed by atoms with van der Waals surface area (Å²) < 4.78 is 0. The monoisotopic (exact) mass is 229 g/mol. The van der Waals surface area contributed by atoms with Crippen LogP contribution in [0.3, 0.4) is 0 Å². The third-order valence-electron chi connectivity index (χ3n) is 2.11. The molecule has 0 radical (unpaired) electrons. The number of hydrogen-bond donors (Lipinski definition) is 3. The molecule has 16 heavy (non-hydrogen) atoms. The van der Waals surface area contributed by atoms with Crippen molar-refractivity contribution in [1.82, 2.24) is 10.6 Å². The molecular weight excluding hydrogens is 206 g/mol. The van der Waals surface area contributed by atoms with E-state index in [1.54, 1.807) is 14.0 Å². The molecule has 0 fully saturated rings. The average molecular weight is 229 g/mol. The second kappa shape index (κ2) is 7.22. The van der Waals surface area contributed by atoms with Crippen molar-refractivity contribution in [3.8, 4) is 0 Å². The van der Waals surface area contributed by atoms with Gasteiger partial charge in [0.2, 0.25) is 11.8 Å². The first-order valence-electron chi connectivity index (χ1n) is 5.63. The molecule has 0 saturated heterocycles. The lowest BCUT2D eigenvalue weighted by Gasteiger charge is -2.19. The molecule has 4 N–H and O–H groups in total. The summed E-state index contributed by atoms with van der Waals surface area (Å²) in [5.74, 6) is 0.00822. The van der Waals surface area contributed by atoms with Crippen LogP contribution >= 0.6 is 0 Å². The van der Waals surface area contributed by atoms with Gasteiger partial charge in [0.05, 0.1) is 0 Å². The van der Waals surface area contributed by atoms with Gasteiger partial charge in [0.25, 0.3) is 0 Å². The van der Waals surface area contributed by atoms with Gasteiger partial charge in [-0.3, -0.25) is 9.59 Å². The lowest BCUT2D eigenvalue weighted by atomic mass is 10.0. The molecule has 2 atom stereocenters. The van der Waals surface area contributed by atoms with Crippen molar-refractivity contribution in [2.45, 2.75) is 45.7 Å². The first kappa shape index (κ1) is 14.9. The van der Waals surface area contributed by atoms with E-state index in [1.165, 1.54) is 0 Å². The summed E-state index contributed by atoms with van der Waals surface area (Å²) >= 11 is 0. The Labute approximate surface area is 97.2 Å². The van der Waals surface area contributed by atoms with E-state index in [2.05, 4.69) is 10.6 Å². The number of nitrogens with one attached hydrogen (secondary N) is 2. The highest BCUT2D eigenvalue weighted by molar-refractivity contribution is 5.87. The van der Waals surface area contributed by atoms with Crippen LogP contribution in [0.5, 0.6) is 0 Å². The minimum atomic E-state index is -0.462. The summed E-state index contributed by atoms with van der Waals surface area (Å²) in [5, 5.41) is 5.24. The topological polar surface area (TPSA) is 84.2 Å². The Bertz CT molecular complexity index is 239. The van der Waals surface area contributed by atoms with Crippen LogP contribution in [0.1, 0.15) is 33.6 Å². The molecule has 0 spiro atoms. The molecule has 0 aromatic rings. The van der Waals surface area contributed by atoms with E-state index >= 15 is 0 Å². The summed E-state index contributed by atoms with van der Waals surface area (Å²) in [6.45, 7) is 5.78. The standard InChI is InChI=1S/C11H23N3O2/c1-7(2)5-9(11(16)13-4)14-10(15)6-8(3)12/h7-9H,5-6,12H2,1-4H3,(H,13,16)(H,14,15). The number of hydrogen-bond acceptors (Lipinski definition) is 3. The Hall–Kier alpha value is -1.10. The Morgan fingerprint density at radius 2 is 1.81 bits per heavy atom. The van der Waals surface area contributed by atoms with E-state index < -0.39 is 6.04 Å². The molecule has 5 nitrogen and oxygen atoms in total. The zero-order valence-electron chi connectivity index (χ0n) is 10.5. The zero-order valence-corrected chi connectivity index (χ0v) is 10.5. The molecule has 5 heteroatoms. The first-order valence-corrected chi connectivity index (χ1v) is 5.63. The zero-order chi connectivity index (χ0) is 12.7. The summed E-state index contributed by atoms with van der Waals surface area (Å²) in [5.41, 5.74) is 5.52. The van der Waals surface area contributed by atoms with E-state index in [1.807, 2.05) is 13.8 Å². The van der Waals surface area contributed by atoms with Gasteiger partial charge in [0.1, 0.15) is 6.04 Å². The van der Waals surface area contributed by atoms with Crippen molar-refractivity contribution >= 4 is 11.8 Å². The predicted molar refractivity (Wildman–Crippen MR) is 63.7 cm³/mol. The predicted octanol–water partition coefficient (Wildman–Crippen LogP) is 0.000600. The fourth-order valence-corrected chi connectivity index (χ4v) is 1.42. The number of carbonyl (C=O) groups excluding carboxylic acids is 2. The van der Waals surface area contributed by atoms with E-state index in [9.17, 15) is 9.59 Å². The van der Waals surface area contributed by atoms with Crippen LogP contribution < -0.4 is 16.4 Å². The highest BCUT2D eigenvalue weighted by atomic mass is 16.2. The Morgan fingerprint density at radius 1 is 1.25 bits per heavy atom. The van der Waals surface area contributed by atoms with Gasteiger partial charge in [-0.05, 0) is 19.3 Å². The van der Waals surface area contributed by atoms with E-state index in [0.717, 1.165) is 0 Å². The van der Waals surface area contributed by atoms with Gasteiger partial charge in [-0.1, -0.05) is 13.8 Å². The number of carbonyl (C=O) groups is 2. The second-order valence-electron chi connectivity index (χ2n) is 4.55. The van der Waals surface area contributed by atoms with Crippen molar-refractivity contribution in [1.29, 1.82) is 0 Å². The third kappa shape index (κ3) is 6.40. The van der Waals surface area contributed by atoms with Crippen molar-refractivity contribution in [3.05, 3.63) is 0 Å². The maximum absolute atomic E-state index is 11.5. The minimum Gasteiger partial charge on any atom is -0.357 e. The maximum atomic E-state index is 11.5. The molecule has 0 bridgehead atoms. The SMILES string of the molecule is CNC(=O)C(CC(C)C)NC(=O)CC(C)N. The normalized spacial score (nSPS) is 14.4. The molecule has 0 aliphatic carbocycles. The van der Waals surface area contributed by atoms with Gasteiger partial charge in [-0.15, -0.1) is 0 Å². The fraction of sp³-hybridized carbons (Fsp3) is 0.818. The van der Waals surface area contributed by atoms with E-state index in [-0.39, 0.29) is 24.3 Å². The molecule has 94 valence electrons. The molecule has 0 heterocycles. The molecule has 2 unspecified atom stereocenters. The van der Waals surface area contributed by atoms with Crippen molar-refractivity contribution < 1.29 is 9.59 Å². The van der Waals surface area contributed by atoms with E-state index in [0.29, 0.717) is 12.3 Å². The summed E-state index contributed by atoms with van der Waals surface area (Å²) in [4.78, 5) is 23.0. The van der Waals surface area contributed by atoms with Gasteiger partial charge < -0.3 is 16.4 Å². The van der Waals surface area contributed by atoms with Gasteiger partial charge >= 0.3 is 0 Å². The second-order valence-corrected chi connectivity index (χ2v) is 4.55. The van der Waals surface area contributed by atoms with Crippen LogP contribution in [0.4, 0.5) is 0 Å². The van der Waals surface area contributed by atoms with Gasteiger partial charge in [0.15, 0.2) is 0 Å². The van der Waals surface area contributed by atoms with Crippen molar-refractivity contribution in [2.75, 3.05) is 7.05 Å². The molecular formula is C11H23N3O2. The Kier molecular flexibility index (Phi) is 6.72. The number of likely N-dealkylation sites (N-methyl/N-ethyl adjacent to an activating group) is 1. The van der Waals surface area contributed by atoms with Crippen LogP contribution in [0, 0.1) is 5.92 Å². The number of amides is 2. The summed E-state index contributed by atoms with van der Waals surface area (Å²) in [6.07, 6.45) is 0.871. The van der Waals surface area contributed by atoms with Gasteiger partial charge in [-0.2, -0.15) is 0 Å². The molecule has 0 aromatic carbocycles. The van der Waals surface area contributed by atoms with Crippen LogP contribution in [0.2, 0.25) is 0 Å². The summed E-state index contributed by atoms with van der Waals surface area (Å²) in [6, 6.07) is -0.652. The Morgan fingerprint density at radius 3 is 2.19 bits per heavy atom. The molecule has 0 aliphatic rings. The number of rotatable bonds is 6. The lowest BCUT2D eigenvalue weighted by Crippen LogP contribution is -2.47. The average Bonchev–Trinajstić information content (AvgIpc) is 2.13. The Balaban J connectivity index is 4.31. The van der Waals surface area contributed by atoms with Crippen LogP contribution in [-0.4, -0.2) is 30.9 Å². The van der Waals surface area contributed by atoms with Crippen LogP contribution in [0.15, 0.2) is 0 Å². The van der Waals surface area contributed by atoms with Crippen LogP contribution in [0.25, 0.3) is 0 Å². The van der Waals surface area contributed by atoms with E-state index in [4.69, 9.17) is 5.73 Å². The lowest BCUT2D eigenvalue weighted by molar-refractivity contribution is -0.129. The molecule has 0 aliphatic heterocycles. The fourth-order valence-electron chi connectivity index (χ4n) is 1.42. The van der Waals surface area contributed by atoms with Gasteiger partial charge in [0, 0.05) is 19.5 Å². The summed E-state index contributed by atoms with van der Waals surface area (Å²) in [7, 11) is 1.56. The quantitative estimate of drug-likeness (QED) is 0.599.